The van der Waals surface area contributed by atoms with Crippen molar-refractivity contribution in [2.45, 2.75) is 64.1 Å². The standard InChI is InChI=1S/C20H29NO2/c1-12-8-9-16-17(21)11-10-15-13(2)19(14-6-4-3-5-7-14)23-20(22-12)18(15)16/h3-7,12-13,15-20H,8-11,21H2,1-2H3/t12-,13+,15-,16?,17+,18?,19-,20-/m0/s1. The number of hydrogen-bond acceptors (Lipinski definition) is 3. The summed E-state index contributed by atoms with van der Waals surface area (Å²) in [5.74, 6) is 2.21. The first-order chi connectivity index (χ1) is 11.1. The van der Waals surface area contributed by atoms with Crippen molar-refractivity contribution >= 4 is 0 Å². The zero-order valence-electron chi connectivity index (χ0n) is 14.2. The molecule has 3 heteroatoms. The van der Waals surface area contributed by atoms with Gasteiger partial charge in [-0.2, -0.15) is 0 Å². The molecule has 0 amide bonds. The fourth-order valence-corrected chi connectivity index (χ4v) is 5.27. The molecule has 3 fully saturated rings. The van der Waals surface area contributed by atoms with Crippen molar-refractivity contribution in [1.29, 1.82) is 0 Å². The van der Waals surface area contributed by atoms with E-state index in [1.165, 1.54) is 18.4 Å². The maximum Gasteiger partial charge on any atom is 0.162 e. The SMILES string of the molecule is C[C@H]1[C@@H](c2ccccc2)O[C@@H]2O[C@@H](C)CCC3C2[C@H]1CC[C@H]3N. The lowest BCUT2D eigenvalue weighted by Gasteiger charge is -2.52. The lowest BCUT2D eigenvalue weighted by atomic mass is 9.61. The highest BCUT2D eigenvalue weighted by Gasteiger charge is 2.52. The second-order valence-electron chi connectivity index (χ2n) is 7.87. The highest BCUT2D eigenvalue weighted by atomic mass is 16.7. The zero-order valence-corrected chi connectivity index (χ0v) is 14.2. The third-order valence-electron chi connectivity index (χ3n) is 6.52. The van der Waals surface area contributed by atoms with Crippen molar-refractivity contribution in [3.63, 3.8) is 0 Å². The summed E-state index contributed by atoms with van der Waals surface area (Å²) >= 11 is 0. The molecule has 2 aliphatic heterocycles. The highest BCUT2D eigenvalue weighted by Crippen LogP contribution is 2.53. The van der Waals surface area contributed by atoms with E-state index in [0.29, 0.717) is 29.7 Å². The van der Waals surface area contributed by atoms with Crippen LogP contribution in [0.5, 0.6) is 0 Å². The largest absolute Gasteiger partial charge is 0.349 e. The van der Waals surface area contributed by atoms with Crippen LogP contribution in [0.3, 0.4) is 0 Å². The van der Waals surface area contributed by atoms with Gasteiger partial charge in [-0.15, -0.1) is 0 Å². The molecule has 23 heavy (non-hydrogen) atoms. The smallest absolute Gasteiger partial charge is 0.162 e. The van der Waals surface area contributed by atoms with Gasteiger partial charge in [0.2, 0.25) is 0 Å². The van der Waals surface area contributed by atoms with E-state index < -0.39 is 0 Å². The number of ether oxygens (including phenoxy) is 2. The number of nitrogens with two attached hydrogens (primary N) is 1. The molecule has 2 N–H and O–H groups in total. The molecule has 1 saturated carbocycles. The molecule has 0 radical (unpaired) electrons. The van der Waals surface area contributed by atoms with E-state index in [0.717, 1.165) is 12.8 Å². The van der Waals surface area contributed by atoms with Gasteiger partial charge in [0.15, 0.2) is 6.29 Å². The Balaban J connectivity index is 1.67. The predicted molar refractivity (Wildman–Crippen MR) is 90.7 cm³/mol. The van der Waals surface area contributed by atoms with E-state index in [4.69, 9.17) is 15.2 Å². The summed E-state index contributed by atoms with van der Waals surface area (Å²) in [7, 11) is 0. The summed E-state index contributed by atoms with van der Waals surface area (Å²) < 4.78 is 12.9. The monoisotopic (exact) mass is 315 g/mol. The quantitative estimate of drug-likeness (QED) is 0.855. The highest BCUT2D eigenvalue weighted by molar-refractivity contribution is 5.19. The molecular weight excluding hydrogens is 286 g/mol. The summed E-state index contributed by atoms with van der Waals surface area (Å²) in [4.78, 5) is 0. The van der Waals surface area contributed by atoms with Gasteiger partial charge in [-0.1, -0.05) is 37.3 Å². The summed E-state index contributed by atoms with van der Waals surface area (Å²) in [6.45, 7) is 4.54. The van der Waals surface area contributed by atoms with Crippen LogP contribution in [0.1, 0.15) is 51.2 Å². The van der Waals surface area contributed by atoms with Crippen LogP contribution in [-0.2, 0) is 9.47 Å². The van der Waals surface area contributed by atoms with Crippen molar-refractivity contribution in [3.05, 3.63) is 35.9 Å². The lowest BCUT2D eigenvalue weighted by Crippen LogP contribution is -2.53. The van der Waals surface area contributed by atoms with E-state index in [1.54, 1.807) is 0 Å². The van der Waals surface area contributed by atoms with Crippen molar-refractivity contribution in [2.24, 2.45) is 29.4 Å². The van der Waals surface area contributed by atoms with Crippen molar-refractivity contribution < 1.29 is 9.47 Å². The summed E-state index contributed by atoms with van der Waals surface area (Å²) in [6.07, 6.45) is 4.97. The van der Waals surface area contributed by atoms with Gasteiger partial charge in [0.25, 0.3) is 0 Å². The third-order valence-corrected chi connectivity index (χ3v) is 6.52. The Hall–Kier alpha value is -0.900. The van der Waals surface area contributed by atoms with Gasteiger partial charge < -0.3 is 15.2 Å². The lowest BCUT2D eigenvalue weighted by molar-refractivity contribution is -0.277. The summed E-state index contributed by atoms with van der Waals surface area (Å²) in [5.41, 5.74) is 7.77. The first kappa shape index (κ1) is 15.6. The molecule has 1 aromatic rings. The second kappa shape index (κ2) is 6.19. The molecule has 4 rings (SSSR count). The fourth-order valence-electron chi connectivity index (χ4n) is 5.27. The van der Waals surface area contributed by atoms with Crippen molar-refractivity contribution in [1.82, 2.24) is 0 Å². The van der Waals surface area contributed by atoms with E-state index >= 15 is 0 Å². The Labute approximate surface area is 139 Å². The Morgan fingerprint density at radius 1 is 0.913 bits per heavy atom. The molecule has 1 aromatic carbocycles. The van der Waals surface area contributed by atoms with E-state index in [2.05, 4.69) is 44.2 Å². The molecule has 1 aliphatic carbocycles. The maximum absolute atomic E-state index is 6.55. The van der Waals surface area contributed by atoms with Crippen molar-refractivity contribution in [2.75, 3.05) is 0 Å². The molecule has 8 atom stereocenters. The fraction of sp³-hybridized carbons (Fsp3) is 0.700. The minimum Gasteiger partial charge on any atom is -0.349 e. The van der Waals surface area contributed by atoms with Gasteiger partial charge in [0.05, 0.1) is 12.2 Å². The number of hydrogen-bond donors (Lipinski definition) is 1. The maximum atomic E-state index is 6.55. The van der Waals surface area contributed by atoms with Crippen LogP contribution in [0.4, 0.5) is 0 Å². The predicted octanol–water partition coefficient (Wildman–Crippen LogP) is 3.89. The molecule has 3 nitrogen and oxygen atoms in total. The minimum atomic E-state index is -0.0877. The Bertz CT molecular complexity index is 534. The third kappa shape index (κ3) is 2.73. The molecule has 126 valence electrons. The Morgan fingerprint density at radius 3 is 2.43 bits per heavy atom. The zero-order chi connectivity index (χ0) is 16.0. The normalized spacial score (nSPS) is 46.7. The van der Waals surface area contributed by atoms with Crippen LogP contribution in [0, 0.1) is 23.7 Å². The molecular formula is C20H29NO2. The van der Waals surface area contributed by atoms with Gasteiger partial charge in [-0.05, 0) is 55.9 Å². The van der Waals surface area contributed by atoms with Gasteiger partial charge in [0.1, 0.15) is 0 Å². The summed E-state index contributed by atoms with van der Waals surface area (Å²) in [6, 6.07) is 11.0. The van der Waals surface area contributed by atoms with Gasteiger partial charge in [0, 0.05) is 12.0 Å². The number of benzene rings is 1. The van der Waals surface area contributed by atoms with Crippen LogP contribution in [0.2, 0.25) is 0 Å². The first-order valence-corrected chi connectivity index (χ1v) is 9.26. The van der Waals surface area contributed by atoms with Crippen LogP contribution >= 0.6 is 0 Å². The van der Waals surface area contributed by atoms with Gasteiger partial charge in [-0.25, -0.2) is 0 Å². The number of rotatable bonds is 1. The molecule has 2 heterocycles. The molecule has 0 bridgehead atoms. The molecule has 3 aliphatic rings. The van der Waals surface area contributed by atoms with Gasteiger partial charge >= 0.3 is 0 Å². The average Bonchev–Trinajstić information content (AvgIpc) is 2.73. The molecule has 0 aromatic heterocycles. The minimum absolute atomic E-state index is 0.0877. The van der Waals surface area contributed by atoms with Crippen LogP contribution in [-0.4, -0.2) is 18.4 Å². The van der Waals surface area contributed by atoms with E-state index in [1.807, 2.05) is 0 Å². The van der Waals surface area contributed by atoms with Crippen LogP contribution in [0.25, 0.3) is 0 Å². The van der Waals surface area contributed by atoms with Crippen LogP contribution in [0.15, 0.2) is 30.3 Å². The Kier molecular flexibility index (Phi) is 4.21. The molecule has 2 unspecified atom stereocenters. The average molecular weight is 315 g/mol. The second-order valence-corrected chi connectivity index (χ2v) is 7.87. The van der Waals surface area contributed by atoms with Crippen molar-refractivity contribution in [3.8, 4) is 0 Å². The van der Waals surface area contributed by atoms with E-state index in [9.17, 15) is 0 Å². The van der Waals surface area contributed by atoms with Gasteiger partial charge in [-0.3, -0.25) is 0 Å². The van der Waals surface area contributed by atoms with E-state index in [-0.39, 0.29) is 18.5 Å². The first-order valence-electron chi connectivity index (χ1n) is 9.26. The summed E-state index contributed by atoms with van der Waals surface area (Å²) in [5, 5.41) is 0. The molecule has 2 saturated heterocycles. The Morgan fingerprint density at radius 2 is 1.65 bits per heavy atom. The van der Waals surface area contributed by atoms with Crippen LogP contribution < -0.4 is 5.73 Å². The molecule has 0 spiro atoms. The topological polar surface area (TPSA) is 44.5 Å².